The van der Waals surface area contributed by atoms with Crippen molar-refractivity contribution in [3.63, 3.8) is 0 Å². The van der Waals surface area contributed by atoms with Gasteiger partial charge in [0.05, 0.1) is 0 Å². The average molecular weight is 207 g/mol. The quantitative estimate of drug-likeness (QED) is 0.626. The van der Waals surface area contributed by atoms with Crippen LogP contribution in [0, 0.1) is 12.3 Å². The first-order valence-electron chi connectivity index (χ1n) is 5.50. The molecular formula is C13H18FN. The highest BCUT2D eigenvalue weighted by molar-refractivity contribution is 5.39. The zero-order valence-electron chi connectivity index (χ0n) is 9.30. The highest BCUT2D eigenvalue weighted by Gasteiger charge is 2.12. The van der Waals surface area contributed by atoms with E-state index in [9.17, 15) is 4.39 Å². The second-order valence-corrected chi connectivity index (χ2v) is 3.63. The van der Waals surface area contributed by atoms with E-state index in [2.05, 4.69) is 18.9 Å². The van der Waals surface area contributed by atoms with Crippen LogP contribution in [0.4, 0.5) is 4.39 Å². The van der Waals surface area contributed by atoms with E-state index < -0.39 is 0 Å². The van der Waals surface area contributed by atoms with Gasteiger partial charge in [0, 0.05) is 24.4 Å². The molecule has 0 fully saturated rings. The lowest BCUT2D eigenvalue weighted by Gasteiger charge is -2.27. The molecule has 0 saturated carbocycles. The van der Waals surface area contributed by atoms with E-state index in [0.717, 1.165) is 37.1 Å². The summed E-state index contributed by atoms with van der Waals surface area (Å²) in [6, 6.07) is 0. The second kappa shape index (κ2) is 6.29. The molecule has 1 aliphatic carbocycles. The Morgan fingerprint density at radius 2 is 2.33 bits per heavy atom. The third-order valence-electron chi connectivity index (χ3n) is 2.51. The van der Waals surface area contributed by atoms with Gasteiger partial charge in [0.2, 0.25) is 0 Å². The van der Waals surface area contributed by atoms with E-state index in [0.29, 0.717) is 6.54 Å². The Morgan fingerprint density at radius 1 is 1.53 bits per heavy atom. The largest absolute Gasteiger partial charge is 0.368 e. The summed E-state index contributed by atoms with van der Waals surface area (Å²) in [5, 5.41) is 0. The smallest absolute Gasteiger partial charge is 0.107 e. The Kier molecular flexibility index (Phi) is 4.97. The van der Waals surface area contributed by atoms with E-state index in [4.69, 9.17) is 6.42 Å². The molecule has 0 atom stereocenters. The van der Waals surface area contributed by atoms with Gasteiger partial charge in [-0.2, -0.15) is 0 Å². The summed E-state index contributed by atoms with van der Waals surface area (Å²) in [4.78, 5) is 2.05. The number of allylic oxidation sites excluding steroid dienone is 3. The Balaban J connectivity index is 2.84. The molecule has 0 N–H and O–H groups in total. The molecule has 0 saturated heterocycles. The van der Waals surface area contributed by atoms with Crippen LogP contribution in [0.25, 0.3) is 0 Å². The number of halogens is 1. The molecule has 2 heteroatoms. The van der Waals surface area contributed by atoms with Crippen molar-refractivity contribution in [1.82, 2.24) is 4.90 Å². The van der Waals surface area contributed by atoms with Crippen LogP contribution in [0.5, 0.6) is 0 Å². The lowest BCUT2D eigenvalue weighted by molar-refractivity contribution is 0.307. The molecule has 1 nitrogen and oxygen atoms in total. The molecule has 0 spiro atoms. The van der Waals surface area contributed by atoms with Gasteiger partial charge in [-0.25, -0.2) is 4.39 Å². The molecule has 0 heterocycles. The molecule has 0 aliphatic heterocycles. The maximum Gasteiger partial charge on any atom is 0.107 e. The molecular weight excluding hydrogens is 189 g/mol. The number of hydrogen-bond acceptors (Lipinski definition) is 1. The number of hydrogen-bond donors (Lipinski definition) is 0. The fourth-order valence-corrected chi connectivity index (χ4v) is 1.82. The van der Waals surface area contributed by atoms with Gasteiger partial charge in [-0.05, 0) is 25.3 Å². The highest BCUT2D eigenvalue weighted by atomic mass is 19.1. The topological polar surface area (TPSA) is 3.24 Å². The summed E-state index contributed by atoms with van der Waals surface area (Å²) in [5.74, 6) is 2.72. The van der Waals surface area contributed by atoms with Crippen LogP contribution in [0.1, 0.15) is 26.2 Å². The molecule has 1 rings (SSSR count). The fraction of sp³-hybridized carbons (Fsp3) is 0.538. The lowest BCUT2D eigenvalue weighted by atomic mass is 10.0. The maximum atomic E-state index is 12.4. The molecule has 0 bridgehead atoms. The molecule has 15 heavy (non-hydrogen) atoms. The molecule has 0 aromatic carbocycles. The van der Waals surface area contributed by atoms with Gasteiger partial charge in [-0.3, -0.25) is 0 Å². The zero-order valence-corrected chi connectivity index (χ0v) is 9.30. The monoisotopic (exact) mass is 207 g/mol. The first-order valence-corrected chi connectivity index (χ1v) is 5.50. The van der Waals surface area contributed by atoms with E-state index in [-0.39, 0.29) is 6.67 Å². The number of terminal acetylenes is 1. The second-order valence-electron chi connectivity index (χ2n) is 3.63. The number of alkyl halides is 1. The average Bonchev–Trinajstić information content (AvgIpc) is 2.29. The third kappa shape index (κ3) is 3.13. The summed E-state index contributed by atoms with van der Waals surface area (Å²) >= 11 is 0. The SMILES string of the molecule is C#CC1=C(N(CCC)CCF)C=CCC1. The fourth-order valence-electron chi connectivity index (χ4n) is 1.82. The zero-order chi connectivity index (χ0) is 11.1. The summed E-state index contributed by atoms with van der Waals surface area (Å²) in [7, 11) is 0. The molecule has 0 unspecified atom stereocenters. The Labute approximate surface area is 91.7 Å². The Morgan fingerprint density at radius 3 is 2.93 bits per heavy atom. The van der Waals surface area contributed by atoms with E-state index in [1.165, 1.54) is 0 Å². The first kappa shape index (κ1) is 11.8. The summed E-state index contributed by atoms with van der Waals surface area (Å²) < 4.78 is 12.4. The van der Waals surface area contributed by atoms with Crippen molar-refractivity contribution in [3.05, 3.63) is 23.4 Å². The van der Waals surface area contributed by atoms with E-state index in [1.807, 2.05) is 11.0 Å². The summed E-state index contributed by atoms with van der Waals surface area (Å²) in [6.07, 6.45) is 12.5. The van der Waals surface area contributed by atoms with Crippen molar-refractivity contribution in [3.8, 4) is 12.3 Å². The number of nitrogens with zero attached hydrogens (tertiary/aromatic N) is 1. The van der Waals surface area contributed by atoms with Crippen molar-refractivity contribution in [2.24, 2.45) is 0 Å². The summed E-state index contributed by atoms with van der Waals surface area (Å²) in [6.45, 7) is 3.08. The van der Waals surface area contributed by atoms with Crippen LogP contribution >= 0.6 is 0 Å². The van der Waals surface area contributed by atoms with Crippen LogP contribution in [-0.2, 0) is 0 Å². The van der Waals surface area contributed by atoms with Crippen molar-refractivity contribution in [2.75, 3.05) is 19.8 Å². The maximum absolute atomic E-state index is 12.4. The van der Waals surface area contributed by atoms with Crippen molar-refractivity contribution < 1.29 is 4.39 Å². The third-order valence-corrected chi connectivity index (χ3v) is 2.51. The van der Waals surface area contributed by atoms with Crippen LogP contribution in [-0.4, -0.2) is 24.7 Å². The molecule has 0 aromatic rings. The van der Waals surface area contributed by atoms with Gasteiger partial charge in [0.15, 0.2) is 0 Å². The van der Waals surface area contributed by atoms with Crippen molar-refractivity contribution in [2.45, 2.75) is 26.2 Å². The van der Waals surface area contributed by atoms with E-state index >= 15 is 0 Å². The molecule has 82 valence electrons. The predicted octanol–water partition coefficient (Wildman–Crippen LogP) is 2.91. The highest BCUT2D eigenvalue weighted by Crippen LogP contribution is 2.21. The van der Waals surface area contributed by atoms with Crippen LogP contribution < -0.4 is 0 Å². The van der Waals surface area contributed by atoms with Gasteiger partial charge in [0.1, 0.15) is 6.67 Å². The lowest BCUT2D eigenvalue weighted by Crippen LogP contribution is -2.27. The number of rotatable bonds is 5. The standard InChI is InChI=1S/C13H18FN/c1-3-10-15(11-9-14)13-8-6-5-7-12(13)4-2/h2,6,8H,3,5,7,9-11H2,1H3. The minimum Gasteiger partial charge on any atom is -0.368 e. The van der Waals surface area contributed by atoms with Gasteiger partial charge in [0.25, 0.3) is 0 Å². The normalized spacial score (nSPS) is 15.3. The molecule has 0 amide bonds. The minimum atomic E-state index is -0.324. The predicted molar refractivity (Wildman–Crippen MR) is 62.1 cm³/mol. The van der Waals surface area contributed by atoms with E-state index in [1.54, 1.807) is 0 Å². The Hall–Kier alpha value is -1.23. The molecule has 0 aromatic heterocycles. The van der Waals surface area contributed by atoms with Gasteiger partial charge < -0.3 is 4.90 Å². The van der Waals surface area contributed by atoms with Crippen LogP contribution in [0.15, 0.2) is 23.4 Å². The minimum absolute atomic E-state index is 0.324. The molecule has 0 radical (unpaired) electrons. The molecule has 1 aliphatic rings. The van der Waals surface area contributed by atoms with Gasteiger partial charge in [-0.15, -0.1) is 6.42 Å². The van der Waals surface area contributed by atoms with Crippen molar-refractivity contribution >= 4 is 0 Å². The Bertz CT molecular complexity index is 290. The van der Waals surface area contributed by atoms with Gasteiger partial charge in [-0.1, -0.05) is 18.9 Å². The van der Waals surface area contributed by atoms with Crippen molar-refractivity contribution in [1.29, 1.82) is 0 Å². The van der Waals surface area contributed by atoms with Crippen LogP contribution in [0.3, 0.4) is 0 Å². The van der Waals surface area contributed by atoms with Crippen LogP contribution in [0.2, 0.25) is 0 Å². The summed E-state index contributed by atoms with van der Waals surface area (Å²) in [5.41, 5.74) is 2.06. The first-order chi connectivity index (χ1) is 7.33. The van der Waals surface area contributed by atoms with Gasteiger partial charge >= 0.3 is 0 Å².